The van der Waals surface area contributed by atoms with Crippen molar-refractivity contribution in [2.45, 2.75) is 32.4 Å². The quantitative estimate of drug-likeness (QED) is 0.775. The van der Waals surface area contributed by atoms with Gasteiger partial charge in [0, 0.05) is 13.2 Å². The van der Waals surface area contributed by atoms with E-state index in [1.807, 2.05) is 0 Å². The summed E-state index contributed by atoms with van der Waals surface area (Å²) < 4.78 is 5.25. The minimum absolute atomic E-state index is 0.538. The van der Waals surface area contributed by atoms with E-state index in [-0.39, 0.29) is 0 Å². The third-order valence-electron chi connectivity index (χ3n) is 4.21. The molecule has 20 heavy (non-hydrogen) atoms. The molecule has 1 heterocycles. The van der Waals surface area contributed by atoms with Crippen LogP contribution in [0.3, 0.4) is 0 Å². The van der Waals surface area contributed by atoms with E-state index in [4.69, 9.17) is 4.74 Å². The number of methoxy groups -OCH3 is 1. The van der Waals surface area contributed by atoms with Gasteiger partial charge in [0.15, 0.2) is 0 Å². The number of likely N-dealkylation sites (tertiary alicyclic amines) is 1. The van der Waals surface area contributed by atoms with Crippen molar-refractivity contribution in [1.82, 2.24) is 10.2 Å². The first-order valence-electron chi connectivity index (χ1n) is 7.75. The van der Waals surface area contributed by atoms with Crippen molar-refractivity contribution in [3.63, 3.8) is 0 Å². The molecule has 1 aromatic carbocycles. The minimum Gasteiger partial charge on any atom is -0.380 e. The van der Waals surface area contributed by atoms with Gasteiger partial charge in [-0.25, -0.2) is 0 Å². The van der Waals surface area contributed by atoms with E-state index < -0.39 is 0 Å². The molecule has 3 heteroatoms. The molecule has 112 valence electrons. The Morgan fingerprint density at radius 2 is 2.25 bits per heavy atom. The Balaban J connectivity index is 2.08. The van der Waals surface area contributed by atoms with Crippen LogP contribution in [0.5, 0.6) is 0 Å². The number of rotatable bonds is 7. The molecule has 1 N–H and O–H groups in total. The van der Waals surface area contributed by atoms with E-state index >= 15 is 0 Å². The van der Waals surface area contributed by atoms with E-state index in [2.05, 4.69) is 48.5 Å². The Hall–Kier alpha value is -0.900. The summed E-state index contributed by atoms with van der Waals surface area (Å²) in [7, 11) is 4.00. The predicted molar refractivity (Wildman–Crippen MR) is 83.8 cm³/mol. The van der Waals surface area contributed by atoms with Gasteiger partial charge in [-0.05, 0) is 56.6 Å². The Labute approximate surface area is 123 Å². The van der Waals surface area contributed by atoms with Gasteiger partial charge in [-0.1, -0.05) is 31.2 Å². The average Bonchev–Trinajstić information content (AvgIpc) is 2.81. The lowest BCUT2D eigenvalue weighted by molar-refractivity contribution is 0.184. The van der Waals surface area contributed by atoms with Crippen LogP contribution in [0.25, 0.3) is 0 Å². The monoisotopic (exact) mass is 276 g/mol. The summed E-state index contributed by atoms with van der Waals surface area (Å²) in [5, 5.41) is 3.59. The molecule has 1 fully saturated rings. The number of hydrogen-bond acceptors (Lipinski definition) is 3. The van der Waals surface area contributed by atoms with Crippen LogP contribution in [0.1, 0.15) is 36.9 Å². The molecule has 0 amide bonds. The van der Waals surface area contributed by atoms with Crippen LogP contribution < -0.4 is 5.32 Å². The van der Waals surface area contributed by atoms with E-state index in [0.717, 1.165) is 13.1 Å². The van der Waals surface area contributed by atoms with Crippen molar-refractivity contribution >= 4 is 0 Å². The number of benzene rings is 1. The molecule has 0 aliphatic carbocycles. The average molecular weight is 276 g/mol. The van der Waals surface area contributed by atoms with Gasteiger partial charge < -0.3 is 10.1 Å². The maximum Gasteiger partial charge on any atom is 0.0713 e. The van der Waals surface area contributed by atoms with Crippen molar-refractivity contribution in [2.75, 3.05) is 33.8 Å². The molecule has 0 radical (unpaired) electrons. The maximum atomic E-state index is 5.25. The molecule has 1 aliphatic heterocycles. The molecule has 0 spiro atoms. The second kappa shape index (κ2) is 7.77. The van der Waals surface area contributed by atoms with Gasteiger partial charge >= 0.3 is 0 Å². The van der Waals surface area contributed by atoms with Gasteiger partial charge in [-0.15, -0.1) is 0 Å². The summed E-state index contributed by atoms with van der Waals surface area (Å²) in [6, 6.07) is 9.41. The van der Waals surface area contributed by atoms with Crippen molar-refractivity contribution in [3.05, 3.63) is 35.4 Å². The van der Waals surface area contributed by atoms with Gasteiger partial charge in [-0.3, -0.25) is 4.90 Å². The normalized spacial score (nSPS) is 23.4. The first-order chi connectivity index (χ1) is 9.76. The van der Waals surface area contributed by atoms with Crippen LogP contribution >= 0.6 is 0 Å². The standard InChI is InChI=1S/C17H28N2O/c1-4-9-18-12-16-8-10-19(2)17(16)15-7-5-6-14(11-15)13-20-3/h5-7,11,16-18H,4,8-10,12-13H2,1-3H3. The number of ether oxygens (including phenoxy) is 1. The summed E-state index contributed by atoms with van der Waals surface area (Å²) in [6.45, 7) is 6.36. The first kappa shape index (κ1) is 15.5. The molecular formula is C17H28N2O. The molecule has 0 bridgehead atoms. The van der Waals surface area contributed by atoms with Crippen LogP contribution in [0.4, 0.5) is 0 Å². The molecule has 2 unspecified atom stereocenters. The lowest BCUT2D eigenvalue weighted by Crippen LogP contribution is -2.29. The molecule has 3 nitrogen and oxygen atoms in total. The lowest BCUT2D eigenvalue weighted by atomic mass is 9.92. The largest absolute Gasteiger partial charge is 0.380 e. The van der Waals surface area contributed by atoms with Crippen LogP contribution in [0.15, 0.2) is 24.3 Å². The zero-order chi connectivity index (χ0) is 14.4. The number of hydrogen-bond donors (Lipinski definition) is 1. The highest BCUT2D eigenvalue weighted by Gasteiger charge is 2.32. The van der Waals surface area contributed by atoms with Crippen LogP contribution in [0, 0.1) is 5.92 Å². The summed E-state index contributed by atoms with van der Waals surface area (Å²) in [5.41, 5.74) is 2.70. The number of nitrogens with one attached hydrogen (secondary N) is 1. The SMILES string of the molecule is CCCNCC1CCN(C)C1c1cccc(COC)c1. The fourth-order valence-electron chi connectivity index (χ4n) is 3.26. The summed E-state index contributed by atoms with van der Waals surface area (Å²) in [5.74, 6) is 0.712. The Bertz CT molecular complexity index is 408. The van der Waals surface area contributed by atoms with Gasteiger partial charge in [0.1, 0.15) is 0 Å². The Kier molecular flexibility index (Phi) is 6.02. The van der Waals surface area contributed by atoms with Gasteiger partial charge in [0.25, 0.3) is 0 Å². The van der Waals surface area contributed by atoms with Gasteiger partial charge in [0.05, 0.1) is 6.61 Å². The van der Waals surface area contributed by atoms with Gasteiger partial charge in [0.2, 0.25) is 0 Å². The van der Waals surface area contributed by atoms with Crippen molar-refractivity contribution in [2.24, 2.45) is 5.92 Å². The molecule has 2 rings (SSSR count). The molecule has 1 aromatic rings. The first-order valence-corrected chi connectivity index (χ1v) is 7.75. The molecule has 1 aliphatic rings. The van der Waals surface area contributed by atoms with E-state index in [1.165, 1.54) is 30.5 Å². The summed E-state index contributed by atoms with van der Waals surface area (Å²) >= 11 is 0. The molecule has 0 aromatic heterocycles. The highest BCUT2D eigenvalue weighted by molar-refractivity contribution is 5.27. The van der Waals surface area contributed by atoms with Crippen molar-refractivity contribution in [3.8, 4) is 0 Å². The predicted octanol–water partition coefficient (Wildman–Crippen LogP) is 2.83. The fraction of sp³-hybridized carbons (Fsp3) is 0.647. The molecule has 2 atom stereocenters. The third-order valence-corrected chi connectivity index (χ3v) is 4.21. The smallest absolute Gasteiger partial charge is 0.0713 e. The topological polar surface area (TPSA) is 24.5 Å². The molecule has 0 saturated carbocycles. The highest BCUT2D eigenvalue weighted by atomic mass is 16.5. The Morgan fingerprint density at radius 1 is 1.40 bits per heavy atom. The third kappa shape index (κ3) is 3.81. The van der Waals surface area contributed by atoms with Crippen molar-refractivity contribution in [1.29, 1.82) is 0 Å². The Morgan fingerprint density at radius 3 is 3.00 bits per heavy atom. The highest BCUT2D eigenvalue weighted by Crippen LogP contribution is 2.36. The zero-order valence-corrected chi connectivity index (χ0v) is 13.1. The second-order valence-electron chi connectivity index (χ2n) is 5.86. The van der Waals surface area contributed by atoms with E-state index in [1.54, 1.807) is 7.11 Å². The van der Waals surface area contributed by atoms with Gasteiger partial charge in [-0.2, -0.15) is 0 Å². The van der Waals surface area contributed by atoms with Crippen molar-refractivity contribution < 1.29 is 4.74 Å². The summed E-state index contributed by atoms with van der Waals surface area (Å²) in [6.07, 6.45) is 2.49. The van der Waals surface area contributed by atoms with E-state index in [9.17, 15) is 0 Å². The zero-order valence-electron chi connectivity index (χ0n) is 13.1. The fourth-order valence-corrected chi connectivity index (χ4v) is 3.26. The van der Waals surface area contributed by atoms with Crippen LogP contribution in [-0.4, -0.2) is 38.7 Å². The molecule has 1 saturated heterocycles. The number of nitrogens with zero attached hydrogens (tertiary/aromatic N) is 1. The van der Waals surface area contributed by atoms with Crippen LogP contribution in [0.2, 0.25) is 0 Å². The van der Waals surface area contributed by atoms with E-state index in [0.29, 0.717) is 18.6 Å². The lowest BCUT2D eigenvalue weighted by Gasteiger charge is -2.26. The summed E-state index contributed by atoms with van der Waals surface area (Å²) in [4.78, 5) is 2.49. The second-order valence-corrected chi connectivity index (χ2v) is 5.86. The maximum absolute atomic E-state index is 5.25. The molecular weight excluding hydrogens is 248 g/mol. The minimum atomic E-state index is 0.538. The van der Waals surface area contributed by atoms with Crippen LogP contribution in [-0.2, 0) is 11.3 Å².